The van der Waals surface area contributed by atoms with Gasteiger partial charge in [0.25, 0.3) is 5.91 Å². The normalized spacial score (nSPS) is 18.6. The van der Waals surface area contributed by atoms with Crippen molar-refractivity contribution in [2.75, 3.05) is 16.8 Å². The number of nitrogens with zero attached hydrogens (tertiary/aromatic N) is 1. The fourth-order valence-electron chi connectivity index (χ4n) is 2.68. The maximum Gasteiger partial charge on any atom is 0.255 e. The quantitative estimate of drug-likeness (QED) is 0.883. The summed E-state index contributed by atoms with van der Waals surface area (Å²) in [4.78, 5) is 16.0. The molecule has 1 aromatic heterocycles. The van der Waals surface area contributed by atoms with Gasteiger partial charge < -0.3 is 10.6 Å². The predicted octanol–water partition coefficient (Wildman–Crippen LogP) is 3.49. The van der Waals surface area contributed by atoms with Gasteiger partial charge in [-0.15, -0.1) is 0 Å². The van der Waals surface area contributed by atoms with Crippen molar-refractivity contribution < 1.29 is 4.79 Å². The van der Waals surface area contributed by atoms with Crippen LogP contribution >= 0.6 is 11.8 Å². The molecular formula is C18H21N3OS. The van der Waals surface area contributed by atoms with Crippen molar-refractivity contribution in [3.8, 4) is 0 Å². The minimum Gasteiger partial charge on any atom is -0.322 e. The van der Waals surface area contributed by atoms with E-state index in [9.17, 15) is 4.79 Å². The number of benzene rings is 1. The van der Waals surface area contributed by atoms with Gasteiger partial charge in [0.15, 0.2) is 0 Å². The molecule has 0 aliphatic carbocycles. The number of aromatic nitrogens is 1. The van der Waals surface area contributed by atoms with Crippen LogP contribution in [0.1, 0.15) is 35.3 Å². The molecule has 0 unspecified atom stereocenters. The van der Waals surface area contributed by atoms with Gasteiger partial charge in [-0.3, -0.25) is 9.78 Å². The SMILES string of the molecule is C[C@@H](N[C@H]1CCSC1)c1ccc(NC(=O)c2ccncc2)cc1. The molecular weight excluding hydrogens is 306 g/mol. The monoisotopic (exact) mass is 327 g/mol. The van der Waals surface area contributed by atoms with Crippen LogP contribution in [-0.2, 0) is 0 Å². The Kier molecular flexibility index (Phi) is 5.31. The average Bonchev–Trinajstić information content (AvgIpc) is 3.09. The molecule has 2 N–H and O–H groups in total. The summed E-state index contributed by atoms with van der Waals surface area (Å²) in [6.07, 6.45) is 4.48. The van der Waals surface area contributed by atoms with Crippen LogP contribution in [0.15, 0.2) is 48.8 Å². The van der Waals surface area contributed by atoms with Crippen molar-refractivity contribution in [2.45, 2.75) is 25.4 Å². The minimum atomic E-state index is -0.116. The lowest BCUT2D eigenvalue weighted by Gasteiger charge is -2.19. The van der Waals surface area contributed by atoms with Crippen molar-refractivity contribution in [2.24, 2.45) is 0 Å². The number of thioether (sulfide) groups is 1. The maximum atomic E-state index is 12.1. The molecule has 0 bridgehead atoms. The van der Waals surface area contributed by atoms with Gasteiger partial charge in [0.05, 0.1) is 0 Å². The van der Waals surface area contributed by atoms with E-state index in [1.165, 1.54) is 23.5 Å². The fraction of sp³-hybridized carbons (Fsp3) is 0.333. The molecule has 1 aliphatic heterocycles. The first kappa shape index (κ1) is 16.0. The van der Waals surface area contributed by atoms with Crippen LogP contribution in [0.2, 0.25) is 0 Å². The molecule has 1 aromatic carbocycles. The first-order valence-corrected chi connectivity index (χ1v) is 9.03. The first-order chi connectivity index (χ1) is 11.2. The lowest BCUT2D eigenvalue weighted by Crippen LogP contribution is -2.31. The van der Waals surface area contributed by atoms with E-state index in [4.69, 9.17) is 0 Å². The molecule has 2 heterocycles. The standard InChI is InChI=1S/C18H21N3OS/c1-13(20-17-8-11-23-12-17)14-2-4-16(5-3-14)21-18(22)15-6-9-19-10-7-15/h2-7,9-10,13,17,20H,8,11-12H2,1H3,(H,21,22)/t13-,17+/m1/s1. The third-order valence-electron chi connectivity index (χ3n) is 4.03. The van der Waals surface area contributed by atoms with Gasteiger partial charge in [-0.25, -0.2) is 0 Å². The molecule has 0 spiro atoms. The molecule has 1 saturated heterocycles. The smallest absolute Gasteiger partial charge is 0.255 e. The summed E-state index contributed by atoms with van der Waals surface area (Å²) in [7, 11) is 0. The highest BCUT2D eigenvalue weighted by Gasteiger charge is 2.18. The second-order valence-corrected chi connectivity index (χ2v) is 6.91. The van der Waals surface area contributed by atoms with Crippen LogP contribution in [0.4, 0.5) is 5.69 Å². The molecule has 4 nitrogen and oxygen atoms in total. The summed E-state index contributed by atoms with van der Waals surface area (Å²) in [6, 6.07) is 12.4. The molecule has 0 saturated carbocycles. The number of pyridine rings is 1. The van der Waals surface area contributed by atoms with Gasteiger partial charge >= 0.3 is 0 Å². The Morgan fingerprint density at radius 1 is 1.22 bits per heavy atom. The number of carbonyl (C=O) groups is 1. The van der Waals surface area contributed by atoms with E-state index < -0.39 is 0 Å². The largest absolute Gasteiger partial charge is 0.322 e. The molecule has 120 valence electrons. The molecule has 0 radical (unpaired) electrons. The zero-order chi connectivity index (χ0) is 16.1. The van der Waals surface area contributed by atoms with Crippen LogP contribution < -0.4 is 10.6 Å². The summed E-state index contributed by atoms with van der Waals surface area (Å²) >= 11 is 2.01. The molecule has 2 aromatic rings. The van der Waals surface area contributed by atoms with Crippen LogP contribution in [0, 0.1) is 0 Å². The number of nitrogens with one attached hydrogen (secondary N) is 2. The van der Waals surface area contributed by atoms with Crippen molar-refractivity contribution in [1.29, 1.82) is 0 Å². The summed E-state index contributed by atoms with van der Waals surface area (Å²) in [5.74, 6) is 2.34. The van der Waals surface area contributed by atoms with Crippen molar-refractivity contribution in [1.82, 2.24) is 10.3 Å². The third kappa shape index (κ3) is 4.33. The summed E-state index contributed by atoms with van der Waals surface area (Å²) in [5, 5.41) is 6.57. The van der Waals surface area contributed by atoms with Gasteiger partial charge in [-0.2, -0.15) is 11.8 Å². The van der Waals surface area contributed by atoms with Crippen LogP contribution in [0.3, 0.4) is 0 Å². The topological polar surface area (TPSA) is 54.0 Å². The highest BCUT2D eigenvalue weighted by Crippen LogP contribution is 2.22. The van der Waals surface area contributed by atoms with Gasteiger partial charge in [0.1, 0.15) is 0 Å². The lowest BCUT2D eigenvalue weighted by molar-refractivity contribution is 0.102. The van der Waals surface area contributed by atoms with E-state index in [-0.39, 0.29) is 5.91 Å². The molecule has 1 fully saturated rings. The molecule has 5 heteroatoms. The Hall–Kier alpha value is -1.85. The van der Waals surface area contributed by atoms with Gasteiger partial charge in [-0.05, 0) is 48.9 Å². The van der Waals surface area contributed by atoms with Crippen molar-refractivity contribution >= 4 is 23.4 Å². The van der Waals surface area contributed by atoms with Crippen molar-refractivity contribution in [3.05, 3.63) is 59.9 Å². The predicted molar refractivity (Wildman–Crippen MR) is 95.9 cm³/mol. The van der Waals surface area contributed by atoms with E-state index in [0.29, 0.717) is 17.6 Å². The fourth-order valence-corrected chi connectivity index (χ4v) is 3.84. The van der Waals surface area contributed by atoms with Gasteiger partial charge in [0.2, 0.25) is 0 Å². The second kappa shape index (κ2) is 7.62. The van der Waals surface area contributed by atoms with Crippen LogP contribution in [0.5, 0.6) is 0 Å². The number of hydrogen-bond acceptors (Lipinski definition) is 4. The Labute approximate surface area is 141 Å². The lowest BCUT2D eigenvalue weighted by atomic mass is 10.1. The number of carbonyl (C=O) groups excluding carboxylic acids is 1. The van der Waals surface area contributed by atoms with E-state index in [1.54, 1.807) is 24.5 Å². The minimum absolute atomic E-state index is 0.116. The Balaban J connectivity index is 1.59. The van der Waals surface area contributed by atoms with Gasteiger partial charge in [0, 0.05) is 41.5 Å². The van der Waals surface area contributed by atoms with E-state index in [1.807, 2.05) is 23.9 Å². The maximum absolute atomic E-state index is 12.1. The second-order valence-electron chi connectivity index (χ2n) is 5.76. The van der Waals surface area contributed by atoms with E-state index in [0.717, 1.165) is 5.69 Å². The summed E-state index contributed by atoms with van der Waals surface area (Å²) in [6.45, 7) is 2.19. The average molecular weight is 327 g/mol. The molecule has 23 heavy (non-hydrogen) atoms. The van der Waals surface area contributed by atoms with Crippen LogP contribution in [-0.4, -0.2) is 28.4 Å². The highest BCUT2D eigenvalue weighted by molar-refractivity contribution is 7.99. The summed E-state index contributed by atoms with van der Waals surface area (Å²) < 4.78 is 0. The zero-order valence-electron chi connectivity index (χ0n) is 13.2. The highest BCUT2D eigenvalue weighted by atomic mass is 32.2. The van der Waals surface area contributed by atoms with Crippen molar-refractivity contribution in [3.63, 3.8) is 0 Å². The number of rotatable bonds is 5. The Morgan fingerprint density at radius 2 is 1.96 bits per heavy atom. The number of amides is 1. The van der Waals surface area contributed by atoms with Crippen LogP contribution in [0.25, 0.3) is 0 Å². The molecule has 2 atom stereocenters. The Bertz CT molecular complexity index is 639. The molecule has 1 aliphatic rings. The van der Waals surface area contributed by atoms with E-state index >= 15 is 0 Å². The van der Waals surface area contributed by atoms with E-state index in [2.05, 4.69) is 34.7 Å². The first-order valence-electron chi connectivity index (χ1n) is 7.87. The number of hydrogen-bond donors (Lipinski definition) is 2. The summed E-state index contributed by atoms with van der Waals surface area (Å²) in [5.41, 5.74) is 2.65. The molecule has 1 amide bonds. The Morgan fingerprint density at radius 3 is 2.61 bits per heavy atom. The molecule has 3 rings (SSSR count). The van der Waals surface area contributed by atoms with Gasteiger partial charge in [-0.1, -0.05) is 12.1 Å². The zero-order valence-corrected chi connectivity index (χ0v) is 14.0. The third-order valence-corrected chi connectivity index (χ3v) is 5.19. The number of anilines is 1.